The van der Waals surface area contributed by atoms with Crippen molar-refractivity contribution in [3.05, 3.63) is 76.4 Å². The van der Waals surface area contributed by atoms with Gasteiger partial charge in [0.05, 0.1) is 0 Å². The van der Waals surface area contributed by atoms with Gasteiger partial charge in [-0.05, 0) is 60.7 Å². The Hall–Kier alpha value is -3.12. The highest BCUT2D eigenvalue weighted by Gasteiger charge is 2.22. The van der Waals surface area contributed by atoms with E-state index in [1.807, 2.05) is 18.2 Å². The van der Waals surface area contributed by atoms with Gasteiger partial charge in [-0.2, -0.15) is 0 Å². The third-order valence-corrected chi connectivity index (χ3v) is 5.79. The number of carboxylic acids is 1. The van der Waals surface area contributed by atoms with Crippen molar-refractivity contribution in [2.24, 2.45) is 0 Å². The Balaban J connectivity index is 1.53. The van der Waals surface area contributed by atoms with Gasteiger partial charge in [0.2, 0.25) is 0 Å². The molecule has 0 radical (unpaired) electrons. The summed E-state index contributed by atoms with van der Waals surface area (Å²) in [5.74, 6) is -0.546. The number of rotatable bonds is 6. The molecule has 1 aliphatic rings. The van der Waals surface area contributed by atoms with Crippen LogP contribution in [0.5, 0.6) is 0 Å². The van der Waals surface area contributed by atoms with E-state index in [0.717, 1.165) is 30.6 Å². The molecule has 0 saturated heterocycles. The maximum Gasteiger partial charge on any atom is 0.339 e. The fraction of sp³-hybridized carbons (Fsp3) is 0.261. The number of nitrogens with zero attached hydrogens (tertiary/aromatic N) is 3. The van der Waals surface area contributed by atoms with Crippen LogP contribution in [0.15, 0.2) is 54.6 Å². The van der Waals surface area contributed by atoms with Gasteiger partial charge in [0.1, 0.15) is 5.56 Å². The number of hydrogen-bond acceptors (Lipinski definition) is 5. The molecule has 1 aromatic heterocycles. The number of carbonyl (C=O) groups is 1. The zero-order chi connectivity index (χ0) is 21.1. The van der Waals surface area contributed by atoms with Crippen LogP contribution in [0.1, 0.15) is 40.2 Å². The number of aryl methyl sites for hydroxylation is 1. The minimum atomic E-state index is -1.08. The predicted molar refractivity (Wildman–Crippen MR) is 119 cm³/mol. The van der Waals surface area contributed by atoms with E-state index < -0.39 is 5.97 Å². The van der Waals surface area contributed by atoms with Crippen molar-refractivity contribution in [2.45, 2.75) is 25.2 Å². The van der Waals surface area contributed by atoms with E-state index >= 15 is 0 Å². The standard InChI is InChI=1S/C23H23ClN4O2/c1-28(17-8-3-2-4-9-17)18-10-11-19-15(12-18)6-5-7-16(19)14-25-22-20(23(29)30)13-21(24)26-27-22/h2-4,8-13,16H,5-7,14H2,1H3,(H,25,27)(H,29,30)/t16-/m0/s1. The second-order valence-corrected chi connectivity index (χ2v) is 7.87. The Bertz CT molecular complexity index is 1060. The Kier molecular flexibility index (Phi) is 5.86. The first kappa shape index (κ1) is 20.2. The quantitative estimate of drug-likeness (QED) is 0.573. The number of hydrogen-bond donors (Lipinski definition) is 2. The maximum absolute atomic E-state index is 11.5. The molecule has 0 amide bonds. The van der Waals surface area contributed by atoms with Crippen LogP contribution < -0.4 is 10.2 Å². The molecular formula is C23H23ClN4O2. The average molecular weight is 423 g/mol. The molecule has 7 heteroatoms. The molecule has 4 rings (SSSR count). The Labute approximate surface area is 180 Å². The van der Waals surface area contributed by atoms with E-state index in [1.165, 1.54) is 17.2 Å². The fourth-order valence-corrected chi connectivity index (χ4v) is 4.15. The molecule has 1 heterocycles. The molecule has 1 atom stereocenters. The first-order valence-electron chi connectivity index (χ1n) is 9.95. The Morgan fingerprint density at radius 1 is 1.17 bits per heavy atom. The lowest BCUT2D eigenvalue weighted by Gasteiger charge is -2.28. The highest BCUT2D eigenvalue weighted by atomic mass is 35.5. The molecule has 0 spiro atoms. The third kappa shape index (κ3) is 4.24. The summed E-state index contributed by atoms with van der Waals surface area (Å²) in [7, 11) is 2.07. The van der Waals surface area contributed by atoms with Gasteiger partial charge < -0.3 is 15.3 Å². The van der Waals surface area contributed by atoms with Crippen molar-refractivity contribution in [1.82, 2.24) is 10.2 Å². The van der Waals surface area contributed by atoms with E-state index in [1.54, 1.807) is 0 Å². The summed E-state index contributed by atoms with van der Waals surface area (Å²) in [5, 5.41) is 20.3. The molecule has 0 saturated carbocycles. The lowest BCUT2D eigenvalue weighted by molar-refractivity contribution is 0.0697. The van der Waals surface area contributed by atoms with Crippen LogP contribution in [0.25, 0.3) is 0 Å². The second kappa shape index (κ2) is 8.71. The molecule has 0 fully saturated rings. The number of benzene rings is 2. The Morgan fingerprint density at radius 3 is 2.73 bits per heavy atom. The SMILES string of the molecule is CN(c1ccccc1)c1ccc2c(c1)CCC[C@H]2CNc1nnc(Cl)cc1C(=O)O. The summed E-state index contributed by atoms with van der Waals surface area (Å²) in [6.45, 7) is 0.595. The number of aromatic carboxylic acids is 1. The van der Waals surface area contributed by atoms with Crippen LogP contribution in [0.2, 0.25) is 5.15 Å². The number of anilines is 3. The second-order valence-electron chi connectivity index (χ2n) is 7.48. The van der Waals surface area contributed by atoms with Gasteiger partial charge in [-0.3, -0.25) is 0 Å². The summed E-state index contributed by atoms with van der Waals surface area (Å²) in [6.07, 6.45) is 3.18. The zero-order valence-electron chi connectivity index (χ0n) is 16.7. The van der Waals surface area contributed by atoms with Crippen LogP contribution in [-0.2, 0) is 6.42 Å². The van der Waals surface area contributed by atoms with Crippen LogP contribution in [0.4, 0.5) is 17.2 Å². The number of carboxylic acid groups (broad SMARTS) is 1. The largest absolute Gasteiger partial charge is 0.478 e. The van der Waals surface area contributed by atoms with E-state index in [0.29, 0.717) is 6.54 Å². The summed E-state index contributed by atoms with van der Waals surface area (Å²) < 4.78 is 0. The van der Waals surface area contributed by atoms with Crippen LogP contribution in [0.3, 0.4) is 0 Å². The number of halogens is 1. The van der Waals surface area contributed by atoms with Crippen LogP contribution in [-0.4, -0.2) is 34.9 Å². The number of fused-ring (bicyclic) bond motifs is 1. The molecule has 0 aliphatic heterocycles. The van der Waals surface area contributed by atoms with E-state index in [-0.39, 0.29) is 22.5 Å². The molecule has 0 bridgehead atoms. The normalized spacial score (nSPS) is 15.3. The third-order valence-electron chi connectivity index (χ3n) is 5.61. The number of para-hydroxylation sites is 1. The fourth-order valence-electron chi connectivity index (χ4n) is 4.00. The lowest BCUT2D eigenvalue weighted by Crippen LogP contribution is -2.20. The number of nitrogens with one attached hydrogen (secondary N) is 1. The van der Waals surface area contributed by atoms with E-state index in [9.17, 15) is 9.90 Å². The topological polar surface area (TPSA) is 78.3 Å². The Morgan fingerprint density at radius 2 is 1.97 bits per heavy atom. The van der Waals surface area contributed by atoms with Gasteiger partial charge >= 0.3 is 5.97 Å². The molecule has 154 valence electrons. The van der Waals surface area contributed by atoms with Crippen molar-refractivity contribution in [3.8, 4) is 0 Å². The van der Waals surface area contributed by atoms with Gasteiger partial charge in [0, 0.05) is 30.9 Å². The van der Waals surface area contributed by atoms with Crippen molar-refractivity contribution in [1.29, 1.82) is 0 Å². The summed E-state index contributed by atoms with van der Waals surface area (Å²) >= 11 is 5.79. The van der Waals surface area contributed by atoms with Crippen molar-refractivity contribution in [2.75, 3.05) is 23.8 Å². The first-order valence-corrected chi connectivity index (χ1v) is 10.3. The molecule has 2 aromatic carbocycles. The average Bonchev–Trinajstić information content (AvgIpc) is 2.77. The van der Waals surface area contributed by atoms with Gasteiger partial charge in [-0.1, -0.05) is 35.9 Å². The summed E-state index contributed by atoms with van der Waals surface area (Å²) in [5.41, 5.74) is 4.98. The van der Waals surface area contributed by atoms with E-state index in [4.69, 9.17) is 11.6 Å². The number of aromatic nitrogens is 2. The molecule has 30 heavy (non-hydrogen) atoms. The first-order chi connectivity index (χ1) is 14.5. The highest BCUT2D eigenvalue weighted by molar-refractivity contribution is 6.29. The van der Waals surface area contributed by atoms with Gasteiger partial charge in [0.15, 0.2) is 11.0 Å². The van der Waals surface area contributed by atoms with Crippen LogP contribution in [0, 0.1) is 0 Å². The van der Waals surface area contributed by atoms with Gasteiger partial charge in [0.25, 0.3) is 0 Å². The summed E-state index contributed by atoms with van der Waals surface area (Å²) in [4.78, 5) is 13.7. The molecule has 2 N–H and O–H groups in total. The molecule has 0 unspecified atom stereocenters. The minimum absolute atomic E-state index is 0.0332. The van der Waals surface area contributed by atoms with Crippen molar-refractivity contribution in [3.63, 3.8) is 0 Å². The van der Waals surface area contributed by atoms with Crippen LogP contribution >= 0.6 is 11.6 Å². The molecule has 3 aromatic rings. The maximum atomic E-state index is 11.5. The summed E-state index contributed by atoms with van der Waals surface area (Å²) in [6, 6.07) is 18.2. The zero-order valence-corrected chi connectivity index (χ0v) is 17.4. The lowest BCUT2D eigenvalue weighted by atomic mass is 9.82. The van der Waals surface area contributed by atoms with Gasteiger partial charge in [-0.15, -0.1) is 10.2 Å². The van der Waals surface area contributed by atoms with Gasteiger partial charge in [-0.25, -0.2) is 4.79 Å². The van der Waals surface area contributed by atoms with Crippen molar-refractivity contribution < 1.29 is 9.90 Å². The molecule has 6 nitrogen and oxygen atoms in total. The monoisotopic (exact) mass is 422 g/mol. The minimum Gasteiger partial charge on any atom is -0.478 e. The smallest absolute Gasteiger partial charge is 0.339 e. The highest BCUT2D eigenvalue weighted by Crippen LogP contribution is 2.35. The predicted octanol–water partition coefficient (Wildman–Crippen LogP) is 5.13. The van der Waals surface area contributed by atoms with E-state index in [2.05, 4.69) is 57.8 Å². The van der Waals surface area contributed by atoms with Crippen molar-refractivity contribution >= 4 is 34.8 Å². The molecular weight excluding hydrogens is 400 g/mol. The molecule has 1 aliphatic carbocycles.